The summed E-state index contributed by atoms with van der Waals surface area (Å²) in [6.07, 6.45) is 5.15. The van der Waals surface area contributed by atoms with E-state index in [0.717, 1.165) is 51.8 Å². The van der Waals surface area contributed by atoms with Crippen molar-refractivity contribution in [3.63, 3.8) is 0 Å². The smallest absolute Gasteiger partial charge is 0.251 e. The summed E-state index contributed by atoms with van der Waals surface area (Å²) >= 11 is 5.87. The monoisotopic (exact) mass is 245 g/mol. The molecule has 0 saturated carbocycles. The maximum atomic E-state index is 12.2. The van der Waals surface area contributed by atoms with Gasteiger partial charge in [-0.15, -0.1) is 11.6 Å². The molecule has 2 saturated heterocycles. The molecule has 2 atom stereocenters. The second-order valence-corrected chi connectivity index (χ2v) is 5.11. The van der Waals surface area contributed by atoms with Crippen molar-refractivity contribution in [3.8, 4) is 0 Å². The topological polar surface area (TPSA) is 29.5 Å². The van der Waals surface area contributed by atoms with Gasteiger partial charge in [-0.25, -0.2) is 0 Å². The van der Waals surface area contributed by atoms with Crippen LogP contribution in [0.2, 0.25) is 0 Å². The highest BCUT2D eigenvalue weighted by Crippen LogP contribution is 2.21. The van der Waals surface area contributed by atoms with Gasteiger partial charge in [-0.05, 0) is 38.0 Å². The third kappa shape index (κ3) is 2.89. The third-order valence-electron chi connectivity index (χ3n) is 3.50. The first-order chi connectivity index (χ1) is 7.81. The largest absolute Gasteiger partial charge is 0.368 e. The zero-order chi connectivity index (χ0) is 11.4. The summed E-state index contributed by atoms with van der Waals surface area (Å²) in [6, 6.07) is 0. The molecule has 2 heterocycles. The van der Waals surface area contributed by atoms with E-state index in [1.165, 1.54) is 0 Å². The number of carbonyl (C=O) groups excluding carboxylic acids is 1. The van der Waals surface area contributed by atoms with Crippen molar-refractivity contribution in [2.45, 2.75) is 38.2 Å². The van der Waals surface area contributed by atoms with Gasteiger partial charge < -0.3 is 9.64 Å². The minimum atomic E-state index is -0.178. The third-order valence-corrected chi connectivity index (χ3v) is 3.94. The van der Waals surface area contributed by atoms with E-state index in [2.05, 4.69) is 0 Å². The Bertz CT molecular complexity index is 241. The van der Waals surface area contributed by atoms with Gasteiger partial charge in [0.15, 0.2) is 0 Å². The Morgan fingerprint density at radius 2 is 2.19 bits per heavy atom. The molecule has 2 unspecified atom stereocenters. The number of nitrogens with zero attached hydrogens (tertiary/aromatic N) is 1. The van der Waals surface area contributed by atoms with Gasteiger partial charge in [0, 0.05) is 25.6 Å². The van der Waals surface area contributed by atoms with E-state index in [0.29, 0.717) is 11.8 Å². The van der Waals surface area contributed by atoms with E-state index in [9.17, 15) is 4.79 Å². The van der Waals surface area contributed by atoms with Gasteiger partial charge in [0.2, 0.25) is 0 Å². The van der Waals surface area contributed by atoms with Crippen molar-refractivity contribution >= 4 is 17.5 Å². The van der Waals surface area contributed by atoms with Crippen LogP contribution in [-0.2, 0) is 9.53 Å². The van der Waals surface area contributed by atoms with Crippen molar-refractivity contribution in [2.75, 3.05) is 25.6 Å². The average Bonchev–Trinajstić information content (AvgIpc) is 2.39. The zero-order valence-corrected chi connectivity index (χ0v) is 10.4. The van der Waals surface area contributed by atoms with Crippen LogP contribution in [0.15, 0.2) is 0 Å². The molecule has 0 aromatic heterocycles. The van der Waals surface area contributed by atoms with Crippen molar-refractivity contribution < 1.29 is 9.53 Å². The fourth-order valence-electron chi connectivity index (χ4n) is 2.53. The minimum absolute atomic E-state index is 0.178. The second kappa shape index (κ2) is 5.87. The molecule has 2 aliphatic rings. The molecule has 0 aromatic carbocycles. The molecular formula is C12H20ClNO2. The normalized spacial score (nSPS) is 31.4. The van der Waals surface area contributed by atoms with Crippen LogP contribution in [0.25, 0.3) is 0 Å². The number of piperidine rings is 1. The number of halogens is 1. The fourth-order valence-corrected chi connectivity index (χ4v) is 2.78. The number of ether oxygens (including phenoxy) is 1. The van der Waals surface area contributed by atoms with Crippen molar-refractivity contribution in [2.24, 2.45) is 5.92 Å². The lowest BCUT2D eigenvalue weighted by molar-refractivity contribution is -0.148. The van der Waals surface area contributed by atoms with E-state index < -0.39 is 0 Å². The van der Waals surface area contributed by atoms with Crippen LogP contribution in [-0.4, -0.2) is 42.5 Å². The predicted molar refractivity (Wildman–Crippen MR) is 63.6 cm³/mol. The van der Waals surface area contributed by atoms with E-state index in [1.807, 2.05) is 4.90 Å². The standard InChI is InChI=1S/C12H20ClNO2/c13-8-10-4-3-6-14(9-10)12(15)11-5-1-2-7-16-11/h10-11H,1-9H2. The summed E-state index contributed by atoms with van der Waals surface area (Å²) in [5.74, 6) is 1.33. The Morgan fingerprint density at radius 1 is 1.31 bits per heavy atom. The first kappa shape index (κ1) is 12.2. The van der Waals surface area contributed by atoms with Crippen LogP contribution in [0, 0.1) is 5.92 Å². The highest BCUT2D eigenvalue weighted by molar-refractivity contribution is 6.18. The maximum Gasteiger partial charge on any atom is 0.251 e. The molecule has 4 heteroatoms. The lowest BCUT2D eigenvalue weighted by Crippen LogP contribution is -2.46. The number of hydrogen-bond donors (Lipinski definition) is 0. The fraction of sp³-hybridized carbons (Fsp3) is 0.917. The summed E-state index contributed by atoms with van der Waals surface area (Å²) in [5.41, 5.74) is 0. The molecule has 3 nitrogen and oxygen atoms in total. The summed E-state index contributed by atoms with van der Waals surface area (Å²) in [6.45, 7) is 2.44. The maximum absolute atomic E-state index is 12.2. The van der Waals surface area contributed by atoms with E-state index in [1.54, 1.807) is 0 Å². The van der Waals surface area contributed by atoms with Gasteiger partial charge >= 0.3 is 0 Å². The van der Waals surface area contributed by atoms with Gasteiger partial charge in [-0.1, -0.05) is 0 Å². The summed E-state index contributed by atoms with van der Waals surface area (Å²) in [5, 5.41) is 0. The number of rotatable bonds is 2. The highest BCUT2D eigenvalue weighted by Gasteiger charge is 2.30. The summed E-state index contributed by atoms with van der Waals surface area (Å²) in [4.78, 5) is 14.1. The molecular weight excluding hydrogens is 226 g/mol. The quantitative estimate of drug-likeness (QED) is 0.697. The number of carbonyl (C=O) groups is 1. The average molecular weight is 246 g/mol. The molecule has 0 radical (unpaired) electrons. The Kier molecular flexibility index (Phi) is 4.47. The molecule has 0 N–H and O–H groups in total. The molecule has 2 aliphatic heterocycles. The van der Waals surface area contributed by atoms with Crippen LogP contribution >= 0.6 is 11.6 Å². The highest BCUT2D eigenvalue weighted by atomic mass is 35.5. The molecule has 1 amide bonds. The van der Waals surface area contributed by atoms with Gasteiger partial charge in [0.1, 0.15) is 6.10 Å². The second-order valence-electron chi connectivity index (χ2n) is 4.80. The van der Waals surface area contributed by atoms with Crippen LogP contribution in [0.5, 0.6) is 0 Å². The Morgan fingerprint density at radius 3 is 2.88 bits per heavy atom. The van der Waals surface area contributed by atoms with Crippen molar-refractivity contribution in [3.05, 3.63) is 0 Å². The summed E-state index contributed by atoms with van der Waals surface area (Å²) in [7, 11) is 0. The Balaban J connectivity index is 1.87. The van der Waals surface area contributed by atoms with Gasteiger partial charge in [-0.3, -0.25) is 4.79 Å². The molecule has 0 bridgehead atoms. The Labute approximate surface area is 102 Å². The van der Waals surface area contributed by atoms with Crippen LogP contribution in [0.1, 0.15) is 32.1 Å². The van der Waals surface area contributed by atoms with E-state index in [4.69, 9.17) is 16.3 Å². The van der Waals surface area contributed by atoms with E-state index in [-0.39, 0.29) is 12.0 Å². The lowest BCUT2D eigenvalue weighted by Gasteiger charge is -2.35. The molecule has 0 aliphatic carbocycles. The number of hydrogen-bond acceptors (Lipinski definition) is 2. The van der Waals surface area contributed by atoms with Crippen LogP contribution < -0.4 is 0 Å². The van der Waals surface area contributed by atoms with Gasteiger partial charge in [-0.2, -0.15) is 0 Å². The molecule has 92 valence electrons. The number of alkyl halides is 1. The van der Waals surface area contributed by atoms with Crippen LogP contribution in [0.4, 0.5) is 0 Å². The first-order valence-electron chi connectivity index (χ1n) is 6.27. The molecule has 16 heavy (non-hydrogen) atoms. The van der Waals surface area contributed by atoms with Gasteiger partial charge in [0.25, 0.3) is 5.91 Å². The number of amides is 1. The van der Waals surface area contributed by atoms with Crippen molar-refractivity contribution in [1.29, 1.82) is 0 Å². The molecule has 0 spiro atoms. The van der Waals surface area contributed by atoms with E-state index >= 15 is 0 Å². The summed E-state index contributed by atoms with van der Waals surface area (Å²) < 4.78 is 5.54. The SMILES string of the molecule is O=C(C1CCCCO1)N1CCCC(CCl)C1. The van der Waals surface area contributed by atoms with Crippen LogP contribution in [0.3, 0.4) is 0 Å². The van der Waals surface area contributed by atoms with Gasteiger partial charge in [0.05, 0.1) is 0 Å². The minimum Gasteiger partial charge on any atom is -0.368 e. The molecule has 2 fully saturated rings. The number of likely N-dealkylation sites (tertiary alicyclic amines) is 1. The predicted octanol–water partition coefficient (Wildman–Crippen LogP) is 2.03. The van der Waals surface area contributed by atoms with Crippen molar-refractivity contribution in [1.82, 2.24) is 4.90 Å². The first-order valence-corrected chi connectivity index (χ1v) is 6.81. The molecule has 2 rings (SSSR count). The zero-order valence-electron chi connectivity index (χ0n) is 9.66. The lowest BCUT2D eigenvalue weighted by atomic mass is 9.98. The molecule has 0 aromatic rings. The Hall–Kier alpha value is -0.280.